The van der Waals surface area contributed by atoms with Gasteiger partial charge in [0, 0.05) is 22.5 Å². The summed E-state index contributed by atoms with van der Waals surface area (Å²) in [5.74, 6) is -0.262. The lowest BCUT2D eigenvalue weighted by Gasteiger charge is -2.09. The van der Waals surface area contributed by atoms with Gasteiger partial charge in [-0.1, -0.05) is 11.6 Å². The molecule has 5 heteroatoms. The third kappa shape index (κ3) is 3.21. The second-order valence-corrected chi connectivity index (χ2v) is 5.95. The molecule has 0 spiro atoms. The number of hydrogen-bond acceptors (Lipinski definition) is 2. The average Bonchev–Trinajstić information content (AvgIpc) is 2.68. The normalized spacial score (nSPS) is 10.6. The summed E-state index contributed by atoms with van der Waals surface area (Å²) in [5, 5.41) is 5.83. The first-order chi connectivity index (χ1) is 8.06. The van der Waals surface area contributed by atoms with Crippen molar-refractivity contribution in [3.63, 3.8) is 0 Å². The zero-order valence-corrected chi connectivity index (χ0v) is 12.2. The van der Waals surface area contributed by atoms with E-state index in [1.807, 2.05) is 18.4 Å². The number of nitrogens with one attached hydrogen (secondary N) is 1. The fourth-order valence-electron chi connectivity index (χ4n) is 1.47. The Balaban J connectivity index is 2.11. The molecular weight excluding hydrogens is 325 g/mol. The summed E-state index contributed by atoms with van der Waals surface area (Å²) in [6, 6.07) is 5.16. The Kier molecular flexibility index (Phi) is 4.07. The highest BCUT2D eigenvalue weighted by Crippen LogP contribution is 2.25. The summed E-state index contributed by atoms with van der Waals surface area (Å²) >= 11 is 10.6. The maximum absolute atomic E-state index is 13.4. The predicted molar refractivity (Wildman–Crippen MR) is 75.5 cm³/mol. The van der Waals surface area contributed by atoms with E-state index in [0.717, 1.165) is 21.2 Å². The van der Waals surface area contributed by atoms with Gasteiger partial charge in [0.25, 0.3) is 0 Å². The van der Waals surface area contributed by atoms with Crippen molar-refractivity contribution in [1.29, 1.82) is 0 Å². The molecule has 1 nitrogen and oxygen atoms in total. The van der Waals surface area contributed by atoms with Crippen molar-refractivity contribution >= 4 is 44.6 Å². The van der Waals surface area contributed by atoms with Crippen LogP contribution in [0.3, 0.4) is 0 Å². The van der Waals surface area contributed by atoms with Crippen molar-refractivity contribution in [2.75, 3.05) is 5.32 Å². The van der Waals surface area contributed by atoms with E-state index in [0.29, 0.717) is 11.0 Å². The Labute approximate surface area is 117 Å². The van der Waals surface area contributed by atoms with E-state index >= 15 is 0 Å². The molecule has 1 aromatic heterocycles. The van der Waals surface area contributed by atoms with Gasteiger partial charge >= 0.3 is 0 Å². The minimum atomic E-state index is -0.262. The first-order valence-electron chi connectivity index (χ1n) is 4.98. The standard InChI is InChI=1S/C12H10BrClFNS/c1-7-2-10(13)11(15)4-12(7)16-5-9-3-8(14)6-17-9/h2-4,6,16H,5H2,1H3. The first kappa shape index (κ1) is 12.9. The second-order valence-electron chi connectivity index (χ2n) is 3.67. The number of halogens is 3. The van der Waals surface area contributed by atoms with Crippen LogP contribution in [0.2, 0.25) is 5.02 Å². The van der Waals surface area contributed by atoms with Crippen LogP contribution in [0.4, 0.5) is 10.1 Å². The largest absolute Gasteiger partial charge is 0.380 e. The van der Waals surface area contributed by atoms with E-state index in [1.54, 1.807) is 17.4 Å². The number of hydrogen-bond donors (Lipinski definition) is 1. The van der Waals surface area contributed by atoms with Gasteiger partial charge in [0.1, 0.15) is 5.82 Å². The monoisotopic (exact) mass is 333 g/mol. The van der Waals surface area contributed by atoms with E-state index in [1.165, 1.54) is 6.07 Å². The van der Waals surface area contributed by atoms with Crippen molar-refractivity contribution in [2.45, 2.75) is 13.5 Å². The maximum Gasteiger partial charge on any atom is 0.139 e. The Morgan fingerprint density at radius 1 is 1.41 bits per heavy atom. The lowest BCUT2D eigenvalue weighted by molar-refractivity contribution is 0.621. The molecule has 0 aliphatic carbocycles. The second kappa shape index (κ2) is 5.38. The van der Waals surface area contributed by atoms with Gasteiger partial charge in [0.2, 0.25) is 0 Å². The van der Waals surface area contributed by atoms with Crippen LogP contribution < -0.4 is 5.32 Å². The van der Waals surface area contributed by atoms with Gasteiger partial charge in [-0.25, -0.2) is 4.39 Å². The van der Waals surface area contributed by atoms with Gasteiger partial charge < -0.3 is 5.32 Å². The van der Waals surface area contributed by atoms with E-state index in [9.17, 15) is 4.39 Å². The molecular formula is C12H10BrClFNS. The molecule has 0 saturated heterocycles. The Morgan fingerprint density at radius 3 is 2.82 bits per heavy atom. The molecule has 17 heavy (non-hydrogen) atoms. The minimum absolute atomic E-state index is 0.262. The smallest absolute Gasteiger partial charge is 0.139 e. The van der Waals surface area contributed by atoms with Gasteiger partial charge in [-0.15, -0.1) is 11.3 Å². The number of benzene rings is 1. The summed E-state index contributed by atoms with van der Waals surface area (Å²) in [5.41, 5.74) is 1.80. The van der Waals surface area contributed by atoms with Crippen LogP contribution in [0.15, 0.2) is 28.1 Å². The summed E-state index contributed by atoms with van der Waals surface area (Å²) in [4.78, 5) is 1.12. The average molecular weight is 335 g/mol. The van der Waals surface area contributed by atoms with Crippen molar-refractivity contribution < 1.29 is 4.39 Å². The molecule has 0 aliphatic heterocycles. The summed E-state index contributed by atoms with van der Waals surface area (Å²) in [6.07, 6.45) is 0. The lowest BCUT2D eigenvalue weighted by Crippen LogP contribution is -2.00. The van der Waals surface area contributed by atoms with Gasteiger partial charge in [-0.3, -0.25) is 0 Å². The number of anilines is 1. The minimum Gasteiger partial charge on any atom is -0.380 e. The zero-order chi connectivity index (χ0) is 12.4. The molecule has 1 aromatic carbocycles. The molecule has 0 radical (unpaired) electrons. The molecule has 0 unspecified atom stereocenters. The lowest BCUT2D eigenvalue weighted by atomic mass is 10.2. The van der Waals surface area contributed by atoms with Crippen LogP contribution in [-0.4, -0.2) is 0 Å². The van der Waals surface area contributed by atoms with Crippen LogP contribution in [0, 0.1) is 12.7 Å². The fraction of sp³-hybridized carbons (Fsp3) is 0.167. The SMILES string of the molecule is Cc1cc(Br)c(F)cc1NCc1cc(Cl)cs1. The van der Waals surface area contributed by atoms with Crippen molar-refractivity contribution in [2.24, 2.45) is 0 Å². The molecule has 2 aromatic rings. The molecule has 1 N–H and O–H groups in total. The summed E-state index contributed by atoms with van der Waals surface area (Å²) < 4.78 is 13.9. The van der Waals surface area contributed by atoms with Gasteiger partial charge in [0.05, 0.1) is 9.50 Å². The highest BCUT2D eigenvalue weighted by atomic mass is 79.9. The van der Waals surface area contributed by atoms with Crippen molar-refractivity contribution in [3.8, 4) is 0 Å². The van der Waals surface area contributed by atoms with E-state index in [4.69, 9.17) is 11.6 Å². The molecule has 0 aliphatic rings. The van der Waals surface area contributed by atoms with Crippen LogP contribution in [0.5, 0.6) is 0 Å². The molecule has 0 fully saturated rings. The van der Waals surface area contributed by atoms with Crippen LogP contribution in [-0.2, 0) is 6.54 Å². The Hall–Kier alpha value is -0.580. The van der Waals surface area contributed by atoms with Crippen LogP contribution in [0.25, 0.3) is 0 Å². The highest BCUT2D eigenvalue weighted by molar-refractivity contribution is 9.10. The van der Waals surface area contributed by atoms with Crippen LogP contribution in [0.1, 0.15) is 10.4 Å². The predicted octanol–water partition coefficient (Wildman–Crippen LogP) is 5.22. The summed E-state index contributed by atoms with van der Waals surface area (Å²) in [6.45, 7) is 2.59. The van der Waals surface area contributed by atoms with Crippen LogP contribution >= 0.6 is 38.9 Å². The quantitative estimate of drug-likeness (QED) is 0.811. The Bertz CT molecular complexity index is 541. The molecule has 0 bridgehead atoms. The molecule has 0 atom stereocenters. The van der Waals surface area contributed by atoms with Gasteiger partial charge in [-0.05, 0) is 46.6 Å². The third-order valence-electron chi connectivity index (χ3n) is 2.34. The molecule has 0 amide bonds. The number of aryl methyl sites for hydroxylation is 1. The molecule has 1 heterocycles. The third-order valence-corrected chi connectivity index (χ3v) is 4.23. The Morgan fingerprint density at radius 2 is 2.18 bits per heavy atom. The van der Waals surface area contributed by atoms with E-state index < -0.39 is 0 Å². The van der Waals surface area contributed by atoms with Gasteiger partial charge in [0.15, 0.2) is 0 Å². The molecule has 2 rings (SSSR count). The summed E-state index contributed by atoms with van der Waals surface area (Å²) in [7, 11) is 0. The zero-order valence-electron chi connectivity index (χ0n) is 9.06. The topological polar surface area (TPSA) is 12.0 Å². The fourth-order valence-corrected chi connectivity index (χ4v) is 2.94. The number of rotatable bonds is 3. The first-order valence-corrected chi connectivity index (χ1v) is 7.04. The van der Waals surface area contributed by atoms with Gasteiger partial charge in [-0.2, -0.15) is 0 Å². The highest BCUT2D eigenvalue weighted by Gasteiger charge is 2.05. The molecule has 90 valence electrons. The van der Waals surface area contributed by atoms with E-state index in [-0.39, 0.29) is 5.82 Å². The van der Waals surface area contributed by atoms with Crippen molar-refractivity contribution in [1.82, 2.24) is 0 Å². The number of thiophene rings is 1. The maximum atomic E-state index is 13.4. The van der Waals surface area contributed by atoms with Crippen molar-refractivity contribution in [3.05, 3.63) is 49.3 Å². The molecule has 0 saturated carbocycles. The van der Waals surface area contributed by atoms with E-state index in [2.05, 4.69) is 21.2 Å².